The Morgan fingerprint density at radius 2 is 1.35 bits per heavy atom. The van der Waals surface area contributed by atoms with Crippen LogP contribution in [0.3, 0.4) is 0 Å². The summed E-state index contributed by atoms with van der Waals surface area (Å²) in [6.45, 7) is 0. The fourth-order valence-corrected chi connectivity index (χ4v) is 6.72. The van der Waals surface area contributed by atoms with Crippen LogP contribution in [0.2, 0.25) is 10.2 Å². The molecule has 15 nitrogen and oxygen atoms in total. The van der Waals surface area contributed by atoms with Crippen LogP contribution in [0.15, 0.2) is 68.4 Å². The topological polar surface area (TPSA) is 203 Å². The number of hydrogen-bond acceptors (Lipinski definition) is 13. The van der Waals surface area contributed by atoms with Crippen LogP contribution in [-0.2, 0) is 0 Å². The second kappa shape index (κ2) is 13.4. The summed E-state index contributed by atoms with van der Waals surface area (Å²) in [6, 6.07) is 11.5. The van der Waals surface area contributed by atoms with Gasteiger partial charge >= 0.3 is 9.75 Å². The van der Waals surface area contributed by atoms with Crippen molar-refractivity contribution in [2.24, 2.45) is 9.98 Å². The number of fused-ring (bicyclic) bond motifs is 2. The van der Waals surface area contributed by atoms with Crippen molar-refractivity contribution in [1.82, 2.24) is 39.2 Å². The molecule has 0 saturated heterocycles. The van der Waals surface area contributed by atoms with Crippen LogP contribution in [0.4, 0.5) is 11.5 Å². The average Bonchev–Trinajstić information content (AvgIpc) is 3.94. The van der Waals surface area contributed by atoms with E-state index < -0.39 is 0 Å². The summed E-state index contributed by atoms with van der Waals surface area (Å²) in [4.78, 5) is 45.8. The van der Waals surface area contributed by atoms with Crippen molar-refractivity contribution in [2.45, 2.75) is 37.8 Å². The highest BCUT2D eigenvalue weighted by molar-refractivity contribution is 7.10. The molecule has 1 aromatic carbocycles. The summed E-state index contributed by atoms with van der Waals surface area (Å²) < 4.78 is 3.28. The van der Waals surface area contributed by atoms with Gasteiger partial charge in [-0.3, -0.25) is 29.5 Å². The number of rotatable bonds is 6. The molecule has 0 amide bonds. The van der Waals surface area contributed by atoms with Gasteiger partial charge in [0, 0.05) is 33.3 Å². The van der Waals surface area contributed by atoms with E-state index in [-0.39, 0.29) is 21.5 Å². The first-order chi connectivity index (χ1) is 24.6. The second-order valence-corrected chi connectivity index (χ2v) is 14.6. The van der Waals surface area contributed by atoms with Crippen molar-refractivity contribution < 1.29 is 10.2 Å². The molecule has 7 aromatic rings. The predicted octanol–water partition coefficient (Wildman–Crippen LogP) is 2.64. The van der Waals surface area contributed by atoms with Gasteiger partial charge in [0.25, 0.3) is 0 Å². The van der Waals surface area contributed by atoms with Gasteiger partial charge in [-0.25, -0.2) is 9.97 Å². The number of benzene rings is 1. The van der Waals surface area contributed by atoms with Crippen LogP contribution in [0.5, 0.6) is 11.8 Å². The summed E-state index contributed by atoms with van der Waals surface area (Å²) in [5.41, 5.74) is 3.25. The van der Waals surface area contributed by atoms with Crippen LogP contribution in [0.25, 0.3) is 23.4 Å². The van der Waals surface area contributed by atoms with Crippen molar-refractivity contribution in [3.63, 3.8) is 0 Å². The Kier molecular flexibility index (Phi) is 8.63. The minimum absolute atomic E-state index is 0.167. The number of nitrogens with one attached hydrogen (secondary N) is 3. The number of anilines is 2. The molecule has 0 atom stereocenters. The fraction of sp³-hybridized carbons (Fsp3) is 0.188. The molecule has 0 unspecified atom stereocenters. The Morgan fingerprint density at radius 1 is 0.804 bits per heavy atom. The van der Waals surface area contributed by atoms with Crippen molar-refractivity contribution in [3.8, 4) is 11.8 Å². The van der Waals surface area contributed by atoms with E-state index in [1.165, 1.54) is 0 Å². The lowest BCUT2D eigenvalue weighted by Crippen LogP contribution is -2.19. The minimum atomic E-state index is -0.328. The molecule has 51 heavy (non-hydrogen) atoms. The Bertz CT molecular complexity index is 2830. The Hall–Kier alpha value is -5.36. The third-order valence-electron chi connectivity index (χ3n) is 7.64. The minimum Gasteiger partial charge on any atom is -0.493 e. The van der Waals surface area contributed by atoms with E-state index in [9.17, 15) is 19.8 Å². The number of aromatic hydroxyl groups is 2. The molecule has 19 heteroatoms. The van der Waals surface area contributed by atoms with Crippen LogP contribution in [0, 0.1) is 0 Å². The van der Waals surface area contributed by atoms with Crippen molar-refractivity contribution in [2.75, 3.05) is 5.32 Å². The van der Waals surface area contributed by atoms with Gasteiger partial charge in [0.1, 0.15) is 11.0 Å². The van der Waals surface area contributed by atoms with E-state index >= 15 is 0 Å². The molecular formula is C32H25Cl2N11O4S2. The van der Waals surface area contributed by atoms with E-state index in [2.05, 4.69) is 40.4 Å². The summed E-state index contributed by atoms with van der Waals surface area (Å²) in [7, 11) is 0. The highest BCUT2D eigenvalue weighted by Gasteiger charge is 2.21. The molecule has 0 radical (unpaired) electrons. The van der Waals surface area contributed by atoms with Crippen molar-refractivity contribution in [3.05, 3.63) is 109 Å². The lowest BCUT2D eigenvalue weighted by molar-refractivity contribution is 0.454. The number of aromatic nitrogens is 8. The number of thiazole rings is 2. The molecule has 2 saturated carbocycles. The normalized spacial score (nSPS) is 16.0. The van der Waals surface area contributed by atoms with E-state index in [0.29, 0.717) is 70.5 Å². The third-order valence-corrected chi connectivity index (χ3v) is 9.70. The fourth-order valence-electron chi connectivity index (χ4n) is 4.99. The van der Waals surface area contributed by atoms with Gasteiger partial charge in [-0.1, -0.05) is 51.9 Å². The molecule has 2 fully saturated rings. The van der Waals surface area contributed by atoms with E-state index in [0.717, 1.165) is 54.0 Å². The zero-order chi connectivity index (χ0) is 35.2. The first-order valence-corrected chi connectivity index (χ1v) is 17.9. The van der Waals surface area contributed by atoms with Gasteiger partial charge < -0.3 is 15.5 Å². The first kappa shape index (κ1) is 32.8. The number of nitrogens with zero attached hydrogens (tertiary/aromatic N) is 8. The molecule has 2 aliphatic rings. The quantitative estimate of drug-likeness (QED) is 0.158. The monoisotopic (exact) mass is 761 g/mol. The number of halogens is 2. The van der Waals surface area contributed by atoms with Gasteiger partial charge in [-0.15, -0.1) is 0 Å². The molecule has 6 aromatic heterocycles. The second-order valence-electron chi connectivity index (χ2n) is 11.7. The highest BCUT2D eigenvalue weighted by Crippen LogP contribution is 2.24. The van der Waals surface area contributed by atoms with Crippen molar-refractivity contribution >= 4 is 80.8 Å². The predicted molar refractivity (Wildman–Crippen MR) is 194 cm³/mol. The maximum absolute atomic E-state index is 11.5. The maximum atomic E-state index is 11.5. The van der Waals surface area contributed by atoms with Crippen LogP contribution < -0.4 is 36.5 Å². The van der Waals surface area contributed by atoms with Crippen molar-refractivity contribution in [1.29, 1.82) is 0 Å². The largest absolute Gasteiger partial charge is 0.493 e. The van der Waals surface area contributed by atoms with Crippen LogP contribution in [-0.4, -0.2) is 61.5 Å². The summed E-state index contributed by atoms with van der Waals surface area (Å²) in [6.07, 6.45) is 10.8. The first-order valence-electron chi connectivity index (χ1n) is 15.6. The summed E-state index contributed by atoms with van der Waals surface area (Å²) in [5.74, 6) is 0.260. The Labute approximate surface area is 303 Å². The standard InChI is InChI=1S/C19H15ClN6O2S.C13H10ClN5O2S/c20-11-2-1-3-13(7-11)22-15-8-16(23-12-4-5-12)26-17(24-15)10(9-21-26)6-14-18(27)25-19(28)29-14;14-9-4-10(16-7-1-2-7)19-11(17-9)6(5-15-19)3-8-12(20)18-13(21)22-8/h1-3,6-9,12,22,27H,4-5H2,(H,25,28);3-5,7,20H,1-2H2,(H,18,21). The lowest BCUT2D eigenvalue weighted by atomic mass is 10.3. The molecular weight excluding hydrogens is 737 g/mol. The number of H-pyrrole nitrogens is 2. The van der Waals surface area contributed by atoms with Gasteiger partial charge in [0.15, 0.2) is 22.3 Å². The van der Waals surface area contributed by atoms with E-state index in [4.69, 9.17) is 28.2 Å². The van der Waals surface area contributed by atoms with Gasteiger partial charge in [-0.05, 0) is 56.0 Å². The average molecular weight is 763 g/mol. The molecule has 6 heterocycles. The molecule has 5 N–H and O–H groups in total. The Morgan fingerprint density at radius 3 is 1.86 bits per heavy atom. The zero-order valence-electron chi connectivity index (χ0n) is 26.1. The van der Waals surface area contributed by atoms with E-state index in [1.54, 1.807) is 45.7 Å². The smallest absolute Gasteiger partial charge is 0.307 e. The van der Waals surface area contributed by atoms with Crippen LogP contribution in [0.1, 0.15) is 35.4 Å². The highest BCUT2D eigenvalue weighted by atomic mass is 35.5. The lowest BCUT2D eigenvalue weighted by Gasteiger charge is -2.06. The third kappa shape index (κ3) is 7.41. The zero-order valence-corrected chi connectivity index (χ0v) is 29.3. The molecule has 0 aliphatic heterocycles. The van der Waals surface area contributed by atoms with Crippen LogP contribution >= 0.6 is 45.9 Å². The van der Waals surface area contributed by atoms with Gasteiger partial charge in [-0.2, -0.15) is 19.2 Å². The Balaban J connectivity index is 0.000000152. The molecule has 0 spiro atoms. The van der Waals surface area contributed by atoms with Gasteiger partial charge in [0.2, 0.25) is 11.8 Å². The summed E-state index contributed by atoms with van der Waals surface area (Å²) in [5, 5.41) is 33.8. The van der Waals surface area contributed by atoms with Gasteiger partial charge in [0.05, 0.1) is 34.2 Å². The molecule has 258 valence electrons. The number of hydrogen-bond donors (Lipinski definition) is 5. The molecule has 9 rings (SSSR count). The molecule has 2 aliphatic carbocycles. The summed E-state index contributed by atoms with van der Waals surface area (Å²) >= 11 is 14.0. The number of aromatic amines is 2. The molecule has 0 bridgehead atoms. The maximum Gasteiger partial charge on any atom is 0.307 e. The van der Waals surface area contributed by atoms with E-state index in [1.807, 2.05) is 24.3 Å². The SMILES string of the molecule is O=c1[nH]c(O)c(C=c2cnn3c(=NC4CC4)cc(Cl)nc23)s1.O=c1[nH]c(O)c(C=c2cnn3c(=NC4CC4)cc(Nc4cccc(Cl)c4)nc23)s1.